The average Bonchev–Trinajstić information content (AvgIpc) is 2.97. The molecule has 1 heterocycles. The molecule has 0 radical (unpaired) electrons. The van der Waals surface area contributed by atoms with E-state index in [0.29, 0.717) is 11.3 Å². The van der Waals surface area contributed by atoms with Gasteiger partial charge in [-0.1, -0.05) is 38.1 Å². The molecule has 1 atom stereocenters. The second-order valence-corrected chi connectivity index (χ2v) is 7.87. The predicted molar refractivity (Wildman–Crippen MR) is 100 cm³/mol. The van der Waals surface area contributed by atoms with Gasteiger partial charge >= 0.3 is 6.18 Å². The van der Waals surface area contributed by atoms with Crippen molar-refractivity contribution in [2.45, 2.75) is 45.2 Å². The summed E-state index contributed by atoms with van der Waals surface area (Å²) in [5.41, 5.74) is 2.21. The lowest BCUT2D eigenvalue weighted by Gasteiger charge is -2.31. The summed E-state index contributed by atoms with van der Waals surface area (Å²) in [6, 6.07) is 13.3. The van der Waals surface area contributed by atoms with Gasteiger partial charge in [0, 0.05) is 16.6 Å². The maximum absolute atomic E-state index is 13.8. The fourth-order valence-electron chi connectivity index (χ4n) is 3.69. The number of nitrogens with one attached hydrogen (secondary N) is 1. The van der Waals surface area contributed by atoms with Gasteiger partial charge in [0.2, 0.25) is 0 Å². The monoisotopic (exact) mass is 377 g/mol. The van der Waals surface area contributed by atoms with E-state index in [9.17, 15) is 17.6 Å². The summed E-state index contributed by atoms with van der Waals surface area (Å²) >= 11 is 0. The molecule has 144 valence electrons. The molecule has 0 aliphatic heterocycles. The normalized spacial score (nSPS) is 13.9. The summed E-state index contributed by atoms with van der Waals surface area (Å²) in [7, 11) is 0. The number of rotatable bonds is 5. The highest BCUT2D eigenvalue weighted by molar-refractivity contribution is 5.83. The zero-order chi connectivity index (χ0) is 19.8. The highest BCUT2D eigenvalue weighted by Crippen LogP contribution is 2.40. The van der Waals surface area contributed by atoms with Crippen molar-refractivity contribution in [3.63, 3.8) is 0 Å². The van der Waals surface area contributed by atoms with Crippen molar-refractivity contribution in [2.75, 3.05) is 0 Å². The first-order valence-corrected chi connectivity index (χ1v) is 8.96. The van der Waals surface area contributed by atoms with Crippen LogP contribution < -0.4 is 0 Å². The molecular weight excluding hydrogens is 354 g/mol. The average molecular weight is 377 g/mol. The van der Waals surface area contributed by atoms with Gasteiger partial charge in [-0.25, -0.2) is 4.39 Å². The van der Waals surface area contributed by atoms with E-state index < -0.39 is 23.3 Å². The second-order valence-electron chi connectivity index (χ2n) is 7.87. The quantitative estimate of drug-likeness (QED) is 0.476. The minimum atomic E-state index is -4.34. The third-order valence-corrected chi connectivity index (χ3v) is 5.23. The highest BCUT2D eigenvalue weighted by Gasteiger charge is 2.43. The number of halogens is 4. The molecule has 3 rings (SSSR count). The van der Waals surface area contributed by atoms with Crippen LogP contribution in [-0.4, -0.2) is 11.2 Å². The lowest BCUT2D eigenvalue weighted by atomic mass is 9.75. The molecule has 0 aliphatic carbocycles. The minimum Gasteiger partial charge on any atom is -0.358 e. The number of aryl methyl sites for hydroxylation is 1. The Morgan fingerprint density at radius 1 is 1.00 bits per heavy atom. The summed E-state index contributed by atoms with van der Waals surface area (Å²) in [5.74, 6) is -1.96. The molecule has 0 saturated carbocycles. The Bertz CT molecular complexity index is 937. The van der Waals surface area contributed by atoms with E-state index in [4.69, 9.17) is 0 Å². The minimum absolute atomic E-state index is 0.117. The SMILES string of the molecule is Cc1cccc2[nH]c(CC(CC(C)(C)c3cccc(F)c3)C(F)(F)F)cc12. The van der Waals surface area contributed by atoms with Gasteiger partial charge in [-0.05, 0) is 60.6 Å². The van der Waals surface area contributed by atoms with Crippen molar-refractivity contribution in [2.24, 2.45) is 5.92 Å². The molecular formula is C22H23F4N. The van der Waals surface area contributed by atoms with Crippen LogP contribution in [0.15, 0.2) is 48.5 Å². The Labute approximate surface area is 156 Å². The largest absolute Gasteiger partial charge is 0.392 e. The third kappa shape index (κ3) is 4.34. The summed E-state index contributed by atoms with van der Waals surface area (Å²) in [6.45, 7) is 5.40. The Kier molecular flexibility index (Phi) is 5.06. The van der Waals surface area contributed by atoms with Crippen LogP contribution in [0.2, 0.25) is 0 Å². The first-order valence-electron chi connectivity index (χ1n) is 8.96. The molecule has 0 bridgehead atoms. The lowest BCUT2D eigenvalue weighted by molar-refractivity contribution is -0.179. The van der Waals surface area contributed by atoms with Gasteiger partial charge in [0.05, 0.1) is 5.92 Å². The Hall–Kier alpha value is -2.30. The standard InChI is InChI=1S/C22H23F4N/c1-14-6-4-9-20-19(14)12-18(27-20)11-16(22(24,25)26)13-21(2,3)15-7-5-8-17(23)10-15/h4-10,12,16,27H,11,13H2,1-3H3. The maximum Gasteiger partial charge on any atom is 0.392 e. The first kappa shape index (κ1) is 19.5. The molecule has 1 unspecified atom stereocenters. The Balaban J connectivity index is 1.88. The smallest absolute Gasteiger partial charge is 0.358 e. The number of aromatic nitrogens is 1. The van der Waals surface area contributed by atoms with Crippen LogP contribution >= 0.6 is 0 Å². The predicted octanol–water partition coefficient (Wildman–Crippen LogP) is 6.70. The van der Waals surface area contributed by atoms with Crippen LogP contribution in [0.3, 0.4) is 0 Å². The van der Waals surface area contributed by atoms with Crippen molar-refractivity contribution in [3.8, 4) is 0 Å². The van der Waals surface area contributed by atoms with Gasteiger partial charge in [-0.2, -0.15) is 13.2 Å². The van der Waals surface area contributed by atoms with Gasteiger partial charge in [0.1, 0.15) is 5.82 Å². The fourth-order valence-corrected chi connectivity index (χ4v) is 3.69. The van der Waals surface area contributed by atoms with Crippen LogP contribution in [0.4, 0.5) is 17.6 Å². The van der Waals surface area contributed by atoms with Gasteiger partial charge < -0.3 is 4.98 Å². The first-order chi connectivity index (χ1) is 12.6. The van der Waals surface area contributed by atoms with E-state index in [-0.39, 0.29) is 12.8 Å². The summed E-state index contributed by atoms with van der Waals surface area (Å²) in [5, 5.41) is 0.942. The molecule has 1 N–H and O–H groups in total. The Morgan fingerprint density at radius 3 is 2.33 bits per heavy atom. The van der Waals surface area contributed by atoms with Gasteiger partial charge in [0.15, 0.2) is 0 Å². The van der Waals surface area contributed by atoms with Crippen molar-refractivity contribution < 1.29 is 17.6 Å². The van der Waals surface area contributed by atoms with Crippen LogP contribution in [-0.2, 0) is 11.8 Å². The van der Waals surface area contributed by atoms with E-state index in [2.05, 4.69) is 4.98 Å². The number of H-pyrrole nitrogens is 1. The molecule has 3 aromatic rings. The zero-order valence-corrected chi connectivity index (χ0v) is 15.6. The molecule has 2 aromatic carbocycles. The highest BCUT2D eigenvalue weighted by atomic mass is 19.4. The number of hydrogen-bond donors (Lipinski definition) is 1. The summed E-state index contributed by atoms with van der Waals surface area (Å²) in [6.07, 6.45) is -4.58. The van der Waals surface area contributed by atoms with Crippen molar-refractivity contribution in [3.05, 3.63) is 71.2 Å². The van der Waals surface area contributed by atoms with E-state index in [1.807, 2.05) is 25.1 Å². The molecule has 27 heavy (non-hydrogen) atoms. The second kappa shape index (κ2) is 7.02. The van der Waals surface area contributed by atoms with E-state index in [0.717, 1.165) is 16.5 Å². The molecule has 5 heteroatoms. The van der Waals surface area contributed by atoms with Crippen molar-refractivity contribution >= 4 is 10.9 Å². The molecule has 1 aromatic heterocycles. The number of aromatic amines is 1. The maximum atomic E-state index is 13.8. The number of benzene rings is 2. The van der Waals surface area contributed by atoms with Crippen molar-refractivity contribution in [1.82, 2.24) is 4.98 Å². The van der Waals surface area contributed by atoms with Gasteiger partial charge in [-0.3, -0.25) is 0 Å². The third-order valence-electron chi connectivity index (χ3n) is 5.23. The van der Waals surface area contributed by atoms with Crippen molar-refractivity contribution in [1.29, 1.82) is 0 Å². The van der Waals surface area contributed by atoms with Gasteiger partial charge in [-0.15, -0.1) is 0 Å². The molecule has 1 nitrogen and oxygen atoms in total. The Morgan fingerprint density at radius 2 is 1.70 bits per heavy atom. The number of alkyl halides is 3. The lowest BCUT2D eigenvalue weighted by Crippen LogP contribution is -2.32. The van der Waals surface area contributed by atoms with Crippen LogP contribution in [0.25, 0.3) is 10.9 Å². The molecule has 0 fully saturated rings. The van der Waals surface area contributed by atoms with E-state index in [1.165, 1.54) is 18.2 Å². The molecule has 0 aliphatic rings. The number of fused-ring (bicyclic) bond motifs is 1. The van der Waals surface area contributed by atoms with E-state index >= 15 is 0 Å². The van der Waals surface area contributed by atoms with E-state index in [1.54, 1.807) is 26.0 Å². The topological polar surface area (TPSA) is 15.8 Å². The molecule has 0 spiro atoms. The summed E-state index contributed by atoms with van der Waals surface area (Å²) < 4.78 is 54.9. The zero-order valence-electron chi connectivity index (χ0n) is 15.6. The molecule has 0 saturated heterocycles. The molecule has 0 amide bonds. The fraction of sp³-hybridized carbons (Fsp3) is 0.364. The van der Waals surface area contributed by atoms with Gasteiger partial charge in [0.25, 0.3) is 0 Å². The summed E-state index contributed by atoms with van der Waals surface area (Å²) in [4.78, 5) is 3.11. The van der Waals surface area contributed by atoms with Crippen LogP contribution in [0.1, 0.15) is 37.1 Å². The van der Waals surface area contributed by atoms with Crippen LogP contribution in [0.5, 0.6) is 0 Å². The van der Waals surface area contributed by atoms with Crippen LogP contribution in [0, 0.1) is 18.7 Å². The number of hydrogen-bond acceptors (Lipinski definition) is 0.